The maximum atomic E-state index is 12.7. The van der Waals surface area contributed by atoms with E-state index in [0.29, 0.717) is 29.0 Å². The van der Waals surface area contributed by atoms with E-state index in [2.05, 4.69) is 0 Å². The smallest absolute Gasteiger partial charge is 0.289 e. The normalized spacial score (nSPS) is 15.2. The number of carbonyl (C=O) groups excluding carboxylic acids is 1. The highest BCUT2D eigenvalue weighted by atomic mass is 16.5. The molecular weight excluding hydrogens is 304 g/mol. The average molecular weight is 328 g/mol. The van der Waals surface area contributed by atoms with Gasteiger partial charge in [-0.1, -0.05) is 19.3 Å². The van der Waals surface area contributed by atoms with Crippen molar-refractivity contribution in [3.05, 3.63) is 36.1 Å². The van der Waals surface area contributed by atoms with Crippen LogP contribution in [0.25, 0.3) is 11.3 Å². The predicted octanol–water partition coefficient (Wildman–Crippen LogP) is 3.94. The van der Waals surface area contributed by atoms with Crippen molar-refractivity contribution in [1.29, 1.82) is 0 Å². The van der Waals surface area contributed by atoms with Gasteiger partial charge in [0.25, 0.3) is 5.91 Å². The van der Waals surface area contributed by atoms with Gasteiger partial charge in [-0.05, 0) is 37.1 Å². The molecule has 1 heterocycles. The Labute approximate surface area is 142 Å². The Morgan fingerprint density at radius 3 is 2.62 bits per heavy atom. The Bertz CT molecular complexity index is 717. The number of anilines is 1. The second kappa shape index (κ2) is 6.99. The zero-order valence-electron chi connectivity index (χ0n) is 14.2. The molecule has 128 valence electrons. The number of hydrogen-bond donors (Lipinski definition) is 1. The number of ether oxygens (including phenoxy) is 1. The molecule has 1 saturated carbocycles. The van der Waals surface area contributed by atoms with E-state index in [9.17, 15) is 4.79 Å². The van der Waals surface area contributed by atoms with Crippen molar-refractivity contribution >= 4 is 11.6 Å². The molecule has 0 atom stereocenters. The van der Waals surface area contributed by atoms with E-state index < -0.39 is 0 Å². The van der Waals surface area contributed by atoms with Crippen molar-refractivity contribution in [1.82, 2.24) is 4.90 Å². The second-order valence-electron chi connectivity index (χ2n) is 6.32. The van der Waals surface area contributed by atoms with Crippen LogP contribution in [0.1, 0.15) is 42.7 Å². The van der Waals surface area contributed by atoms with E-state index in [-0.39, 0.29) is 5.91 Å². The molecule has 2 aromatic rings. The number of nitrogens with zero attached hydrogens (tertiary/aromatic N) is 1. The molecule has 5 heteroatoms. The summed E-state index contributed by atoms with van der Waals surface area (Å²) in [5.74, 6) is 1.57. The molecule has 0 saturated heterocycles. The van der Waals surface area contributed by atoms with E-state index in [4.69, 9.17) is 14.9 Å². The van der Waals surface area contributed by atoms with Crippen molar-refractivity contribution in [2.24, 2.45) is 0 Å². The zero-order chi connectivity index (χ0) is 17.1. The minimum absolute atomic E-state index is 0.0692. The lowest BCUT2D eigenvalue weighted by Crippen LogP contribution is -2.38. The number of nitrogens with two attached hydrogens (primary N) is 1. The third-order valence-corrected chi connectivity index (χ3v) is 4.78. The van der Waals surface area contributed by atoms with E-state index in [1.54, 1.807) is 25.3 Å². The summed E-state index contributed by atoms with van der Waals surface area (Å²) in [6.07, 6.45) is 5.78. The molecule has 0 aliphatic heterocycles. The minimum Gasteiger partial charge on any atom is -0.497 e. The van der Waals surface area contributed by atoms with Crippen LogP contribution >= 0.6 is 0 Å². The summed E-state index contributed by atoms with van der Waals surface area (Å²) in [7, 11) is 3.46. The molecule has 3 rings (SSSR count). The van der Waals surface area contributed by atoms with Crippen LogP contribution in [0.15, 0.2) is 34.7 Å². The Balaban J connectivity index is 1.78. The van der Waals surface area contributed by atoms with Gasteiger partial charge >= 0.3 is 0 Å². The van der Waals surface area contributed by atoms with Gasteiger partial charge in [0.15, 0.2) is 5.76 Å². The highest BCUT2D eigenvalue weighted by Gasteiger charge is 2.25. The van der Waals surface area contributed by atoms with E-state index in [1.807, 2.05) is 24.1 Å². The summed E-state index contributed by atoms with van der Waals surface area (Å²) < 4.78 is 10.9. The van der Waals surface area contributed by atoms with Crippen LogP contribution in [-0.4, -0.2) is 31.0 Å². The predicted molar refractivity (Wildman–Crippen MR) is 94.1 cm³/mol. The molecule has 0 bridgehead atoms. The largest absolute Gasteiger partial charge is 0.497 e. The van der Waals surface area contributed by atoms with Crippen molar-refractivity contribution in [2.75, 3.05) is 19.9 Å². The van der Waals surface area contributed by atoms with Gasteiger partial charge in [0.1, 0.15) is 11.5 Å². The van der Waals surface area contributed by atoms with E-state index >= 15 is 0 Å². The number of furan rings is 1. The van der Waals surface area contributed by atoms with Gasteiger partial charge < -0.3 is 19.8 Å². The lowest BCUT2D eigenvalue weighted by molar-refractivity contribution is 0.0665. The van der Waals surface area contributed by atoms with Crippen LogP contribution in [0, 0.1) is 0 Å². The van der Waals surface area contributed by atoms with Crippen LogP contribution in [0.4, 0.5) is 5.69 Å². The first kappa shape index (κ1) is 16.4. The van der Waals surface area contributed by atoms with Crippen LogP contribution in [0.3, 0.4) is 0 Å². The van der Waals surface area contributed by atoms with Crippen molar-refractivity contribution < 1.29 is 13.9 Å². The van der Waals surface area contributed by atoms with Gasteiger partial charge in [0.2, 0.25) is 0 Å². The van der Waals surface area contributed by atoms with Crippen LogP contribution in [-0.2, 0) is 0 Å². The summed E-state index contributed by atoms with van der Waals surface area (Å²) >= 11 is 0. The maximum Gasteiger partial charge on any atom is 0.289 e. The summed E-state index contributed by atoms with van der Waals surface area (Å²) in [4.78, 5) is 14.5. The number of carbonyl (C=O) groups is 1. The minimum atomic E-state index is -0.0692. The average Bonchev–Trinajstić information content (AvgIpc) is 3.10. The standard InChI is InChI=1S/C19H24N2O3/c1-21(13-6-4-3-5-7-13)19(22)18-11-10-17(24-18)15-9-8-14(23-2)12-16(15)20/h8-13H,3-7,20H2,1-2H3. The number of hydrogen-bond acceptors (Lipinski definition) is 4. The molecule has 1 fully saturated rings. The number of methoxy groups -OCH3 is 1. The van der Waals surface area contributed by atoms with E-state index in [0.717, 1.165) is 18.4 Å². The van der Waals surface area contributed by atoms with Crippen LogP contribution < -0.4 is 10.5 Å². The van der Waals surface area contributed by atoms with E-state index in [1.165, 1.54) is 19.3 Å². The Kier molecular flexibility index (Phi) is 4.79. The van der Waals surface area contributed by atoms with Crippen molar-refractivity contribution in [2.45, 2.75) is 38.1 Å². The monoisotopic (exact) mass is 328 g/mol. The summed E-state index contributed by atoms with van der Waals surface area (Å²) in [5.41, 5.74) is 7.37. The summed E-state index contributed by atoms with van der Waals surface area (Å²) in [5, 5.41) is 0. The Hall–Kier alpha value is -2.43. The first-order valence-electron chi connectivity index (χ1n) is 8.41. The second-order valence-corrected chi connectivity index (χ2v) is 6.32. The highest BCUT2D eigenvalue weighted by molar-refractivity contribution is 5.92. The lowest BCUT2D eigenvalue weighted by atomic mass is 9.94. The fourth-order valence-electron chi connectivity index (χ4n) is 3.30. The van der Waals surface area contributed by atoms with Gasteiger partial charge in [0.05, 0.1) is 7.11 Å². The topological polar surface area (TPSA) is 68.7 Å². The fourth-order valence-corrected chi connectivity index (χ4v) is 3.30. The molecule has 1 amide bonds. The Morgan fingerprint density at radius 1 is 1.21 bits per heavy atom. The SMILES string of the molecule is COc1ccc(-c2ccc(C(=O)N(C)C3CCCCC3)o2)c(N)c1. The quantitative estimate of drug-likeness (QED) is 0.863. The van der Waals surface area contributed by atoms with Gasteiger partial charge in [-0.25, -0.2) is 0 Å². The molecule has 5 nitrogen and oxygen atoms in total. The van der Waals surface area contributed by atoms with Gasteiger partial charge in [0, 0.05) is 30.4 Å². The molecule has 0 radical (unpaired) electrons. The molecular formula is C19H24N2O3. The van der Waals surface area contributed by atoms with Gasteiger partial charge in [-0.2, -0.15) is 0 Å². The molecule has 1 aliphatic carbocycles. The molecule has 0 unspecified atom stereocenters. The number of rotatable bonds is 4. The van der Waals surface area contributed by atoms with Gasteiger partial charge in [-0.15, -0.1) is 0 Å². The lowest BCUT2D eigenvalue weighted by Gasteiger charge is -2.30. The first-order valence-corrected chi connectivity index (χ1v) is 8.41. The van der Waals surface area contributed by atoms with Crippen LogP contribution in [0.2, 0.25) is 0 Å². The maximum absolute atomic E-state index is 12.7. The molecule has 2 N–H and O–H groups in total. The van der Waals surface area contributed by atoms with Crippen molar-refractivity contribution in [3.8, 4) is 17.1 Å². The van der Waals surface area contributed by atoms with Crippen molar-refractivity contribution in [3.63, 3.8) is 0 Å². The summed E-state index contributed by atoms with van der Waals surface area (Å²) in [6.45, 7) is 0. The third-order valence-electron chi connectivity index (χ3n) is 4.78. The summed E-state index contributed by atoms with van der Waals surface area (Å²) in [6, 6.07) is 9.23. The molecule has 1 aliphatic rings. The number of amides is 1. The Morgan fingerprint density at radius 2 is 1.96 bits per heavy atom. The number of benzene rings is 1. The third kappa shape index (κ3) is 3.25. The molecule has 1 aromatic heterocycles. The molecule has 24 heavy (non-hydrogen) atoms. The molecule has 0 spiro atoms. The molecule has 1 aromatic carbocycles. The zero-order valence-corrected chi connectivity index (χ0v) is 14.2. The number of nitrogen functional groups attached to an aromatic ring is 1. The van der Waals surface area contributed by atoms with Crippen LogP contribution in [0.5, 0.6) is 5.75 Å². The fraction of sp³-hybridized carbons (Fsp3) is 0.421. The highest BCUT2D eigenvalue weighted by Crippen LogP contribution is 2.31. The van der Waals surface area contributed by atoms with Gasteiger partial charge in [-0.3, -0.25) is 4.79 Å². The first-order chi connectivity index (χ1) is 11.6.